The van der Waals surface area contributed by atoms with Crippen LogP contribution in [0.4, 0.5) is 5.69 Å². The molecule has 2 rings (SSSR count). The summed E-state index contributed by atoms with van der Waals surface area (Å²) in [6.07, 6.45) is 0. The molecule has 0 atom stereocenters. The lowest BCUT2D eigenvalue weighted by Gasteiger charge is -2.24. The van der Waals surface area contributed by atoms with Gasteiger partial charge < -0.3 is 10.1 Å². The van der Waals surface area contributed by atoms with Gasteiger partial charge in [-0.1, -0.05) is 6.07 Å². The van der Waals surface area contributed by atoms with E-state index in [2.05, 4.69) is 5.32 Å². The van der Waals surface area contributed by atoms with Crippen molar-refractivity contribution in [2.24, 2.45) is 0 Å². The molecule has 1 N–H and O–H groups in total. The number of anilines is 1. The molecule has 0 aromatic heterocycles. The molecule has 0 saturated heterocycles. The highest BCUT2D eigenvalue weighted by atomic mass is 32.2. The molecule has 1 aromatic carbocycles. The van der Waals surface area contributed by atoms with E-state index in [0.717, 1.165) is 16.1 Å². The number of fused-ring (bicyclic) bond motifs is 1. The molecular weight excluding hydrogens is 250 g/mol. The van der Waals surface area contributed by atoms with Crippen LogP contribution in [0.2, 0.25) is 0 Å². The number of benzene rings is 1. The average molecular weight is 265 g/mol. The number of hydrogen-bond acceptors (Lipinski definition) is 4. The smallest absolute Gasteiger partial charge is 0.315 e. The van der Waals surface area contributed by atoms with Gasteiger partial charge in [0.1, 0.15) is 0 Å². The van der Waals surface area contributed by atoms with Crippen molar-refractivity contribution in [1.29, 1.82) is 0 Å². The van der Waals surface area contributed by atoms with E-state index >= 15 is 0 Å². The Bertz CT molecular complexity index is 511. The number of methoxy groups -OCH3 is 1. The summed E-state index contributed by atoms with van der Waals surface area (Å²) in [5.41, 5.74) is 0.873. The predicted molar refractivity (Wildman–Crippen MR) is 70.8 cm³/mol. The number of ether oxygens (including phenoxy) is 1. The second-order valence-electron chi connectivity index (χ2n) is 4.66. The Balaban J connectivity index is 2.39. The fourth-order valence-electron chi connectivity index (χ4n) is 1.84. The van der Waals surface area contributed by atoms with Crippen molar-refractivity contribution in [2.75, 3.05) is 18.2 Å². The van der Waals surface area contributed by atoms with Crippen LogP contribution >= 0.6 is 11.8 Å². The zero-order valence-electron chi connectivity index (χ0n) is 10.6. The lowest BCUT2D eigenvalue weighted by atomic mass is 9.84. The summed E-state index contributed by atoms with van der Waals surface area (Å²) in [5.74, 6) is 0.130. The van der Waals surface area contributed by atoms with E-state index in [0.29, 0.717) is 5.75 Å². The summed E-state index contributed by atoms with van der Waals surface area (Å²) < 4.78 is 4.80. The molecule has 0 bridgehead atoms. The van der Waals surface area contributed by atoms with Gasteiger partial charge in [0.05, 0.1) is 24.0 Å². The van der Waals surface area contributed by atoms with Crippen LogP contribution in [-0.2, 0) is 19.7 Å². The molecule has 1 amide bonds. The second-order valence-corrected chi connectivity index (χ2v) is 5.68. The molecule has 5 heteroatoms. The zero-order chi connectivity index (χ0) is 13.3. The van der Waals surface area contributed by atoms with Crippen LogP contribution in [0.5, 0.6) is 0 Å². The normalized spacial score (nSPS) is 14.7. The summed E-state index contributed by atoms with van der Waals surface area (Å²) >= 11 is 1.50. The maximum absolute atomic E-state index is 11.8. The van der Waals surface area contributed by atoms with E-state index in [1.54, 1.807) is 13.8 Å². The van der Waals surface area contributed by atoms with Gasteiger partial charge >= 0.3 is 5.97 Å². The molecule has 18 heavy (non-hydrogen) atoms. The molecule has 96 valence electrons. The number of thioether (sulfide) groups is 1. The van der Waals surface area contributed by atoms with Gasteiger partial charge in [-0.3, -0.25) is 9.59 Å². The van der Waals surface area contributed by atoms with Crippen LogP contribution in [-0.4, -0.2) is 24.7 Å². The van der Waals surface area contributed by atoms with Crippen molar-refractivity contribution in [3.8, 4) is 0 Å². The van der Waals surface area contributed by atoms with Crippen molar-refractivity contribution < 1.29 is 14.3 Å². The Morgan fingerprint density at radius 2 is 2.17 bits per heavy atom. The van der Waals surface area contributed by atoms with Gasteiger partial charge in [0.15, 0.2) is 0 Å². The summed E-state index contributed by atoms with van der Waals surface area (Å²) in [4.78, 5) is 24.1. The molecule has 4 nitrogen and oxygen atoms in total. The van der Waals surface area contributed by atoms with E-state index in [9.17, 15) is 9.59 Å². The quantitative estimate of drug-likeness (QED) is 0.833. The molecule has 0 fully saturated rings. The van der Waals surface area contributed by atoms with Crippen LogP contribution in [0.25, 0.3) is 0 Å². The highest BCUT2D eigenvalue weighted by molar-refractivity contribution is 8.00. The van der Waals surface area contributed by atoms with E-state index in [1.165, 1.54) is 18.9 Å². The number of nitrogens with one attached hydrogen (secondary N) is 1. The van der Waals surface area contributed by atoms with Crippen LogP contribution in [0.15, 0.2) is 23.1 Å². The van der Waals surface area contributed by atoms with Crippen LogP contribution < -0.4 is 5.32 Å². The maximum atomic E-state index is 11.8. The number of hydrogen-bond donors (Lipinski definition) is 1. The second kappa shape index (κ2) is 4.65. The monoisotopic (exact) mass is 265 g/mol. The first kappa shape index (κ1) is 13.0. The summed E-state index contributed by atoms with van der Waals surface area (Å²) in [6.45, 7) is 3.61. The Kier molecular flexibility index (Phi) is 3.34. The maximum Gasteiger partial charge on any atom is 0.315 e. The largest absolute Gasteiger partial charge is 0.468 e. The average Bonchev–Trinajstić information content (AvgIpc) is 2.36. The number of rotatable bonds is 2. The molecule has 0 radical (unpaired) electrons. The van der Waals surface area contributed by atoms with Gasteiger partial charge in [-0.2, -0.15) is 0 Å². The Morgan fingerprint density at radius 1 is 1.44 bits per heavy atom. The van der Waals surface area contributed by atoms with E-state index in [-0.39, 0.29) is 11.9 Å². The number of carbonyl (C=O) groups is 2. The molecular formula is C13H15NO3S. The number of carbonyl (C=O) groups excluding carboxylic acids is 2. The number of amides is 1. The first-order chi connectivity index (χ1) is 8.45. The molecule has 0 unspecified atom stereocenters. The van der Waals surface area contributed by atoms with Crippen molar-refractivity contribution in [1.82, 2.24) is 0 Å². The molecule has 1 heterocycles. The van der Waals surface area contributed by atoms with Crippen molar-refractivity contribution in [2.45, 2.75) is 24.2 Å². The van der Waals surface area contributed by atoms with E-state index in [4.69, 9.17) is 4.74 Å². The fraction of sp³-hybridized carbons (Fsp3) is 0.385. The zero-order valence-corrected chi connectivity index (χ0v) is 11.4. The lowest BCUT2D eigenvalue weighted by Crippen LogP contribution is -2.30. The molecule has 1 aromatic rings. The molecule has 0 saturated carbocycles. The summed E-state index contributed by atoms with van der Waals surface area (Å²) in [6, 6.07) is 5.68. The third-order valence-corrected chi connectivity index (χ3v) is 4.10. The minimum atomic E-state index is -0.726. The van der Waals surface area contributed by atoms with Gasteiger partial charge in [-0.15, -0.1) is 11.8 Å². The third-order valence-electron chi connectivity index (χ3n) is 3.03. The topological polar surface area (TPSA) is 55.4 Å². The highest BCUT2D eigenvalue weighted by Crippen LogP contribution is 2.35. The summed E-state index contributed by atoms with van der Waals surface area (Å²) in [5, 5.41) is 2.82. The van der Waals surface area contributed by atoms with E-state index in [1.807, 2.05) is 18.2 Å². The van der Waals surface area contributed by atoms with Gasteiger partial charge in [0, 0.05) is 4.90 Å². The number of esters is 1. The van der Waals surface area contributed by atoms with E-state index < -0.39 is 5.41 Å². The molecule has 0 spiro atoms. The minimum absolute atomic E-state index is 0.0134. The lowest BCUT2D eigenvalue weighted by molar-refractivity contribution is -0.146. The van der Waals surface area contributed by atoms with Crippen molar-refractivity contribution >= 4 is 29.3 Å². The highest BCUT2D eigenvalue weighted by Gasteiger charge is 2.32. The van der Waals surface area contributed by atoms with Crippen molar-refractivity contribution in [3.05, 3.63) is 23.8 Å². The van der Waals surface area contributed by atoms with Gasteiger partial charge in [0.25, 0.3) is 0 Å². The van der Waals surface area contributed by atoms with Crippen molar-refractivity contribution in [3.63, 3.8) is 0 Å². The molecule has 1 aliphatic rings. The first-order valence-corrected chi connectivity index (χ1v) is 6.59. The standard InChI is InChI=1S/C13H15NO3S/c1-13(2,12(16)17-3)8-4-5-10-9(6-8)14-11(15)7-18-10/h4-6H,7H2,1-3H3,(H,14,15). The Labute approximate surface area is 110 Å². The SMILES string of the molecule is COC(=O)C(C)(C)c1ccc2c(c1)NC(=O)CS2. The fourth-order valence-corrected chi connectivity index (χ4v) is 2.63. The first-order valence-electron chi connectivity index (χ1n) is 5.61. The van der Waals surface area contributed by atoms with Gasteiger partial charge in [-0.25, -0.2) is 0 Å². The van der Waals surface area contributed by atoms with Crippen LogP contribution in [0.1, 0.15) is 19.4 Å². The minimum Gasteiger partial charge on any atom is -0.468 e. The third kappa shape index (κ3) is 2.22. The summed E-state index contributed by atoms with van der Waals surface area (Å²) in [7, 11) is 1.38. The van der Waals surface area contributed by atoms with Crippen LogP contribution in [0.3, 0.4) is 0 Å². The van der Waals surface area contributed by atoms with Gasteiger partial charge in [0.2, 0.25) is 5.91 Å². The molecule has 0 aliphatic carbocycles. The van der Waals surface area contributed by atoms with Gasteiger partial charge in [-0.05, 0) is 31.5 Å². The molecule has 1 aliphatic heterocycles. The Morgan fingerprint density at radius 3 is 2.83 bits per heavy atom. The van der Waals surface area contributed by atoms with Crippen LogP contribution in [0, 0.1) is 0 Å². The Hall–Kier alpha value is -1.49. The predicted octanol–water partition coefficient (Wildman–Crippen LogP) is 2.18.